The van der Waals surface area contributed by atoms with Crippen LogP contribution < -0.4 is 0 Å². The van der Waals surface area contributed by atoms with Gasteiger partial charge in [0.1, 0.15) is 28.9 Å². The standard InChI is InChI=1S/C10H8FN3O2S/c1-14(6-5-12)17(15,16)10-4-2-3-9(11)8(10)7-13/h2-4H,6H2,1H3. The molecule has 0 spiro atoms. The van der Waals surface area contributed by atoms with Gasteiger partial charge in [-0.3, -0.25) is 0 Å². The molecule has 7 heteroatoms. The van der Waals surface area contributed by atoms with Crippen LogP contribution in [0.2, 0.25) is 0 Å². The molecule has 5 nitrogen and oxygen atoms in total. The summed E-state index contributed by atoms with van der Waals surface area (Å²) in [6.45, 7) is -0.371. The molecule has 0 radical (unpaired) electrons. The Labute approximate surface area is 98.4 Å². The molecule has 0 saturated carbocycles. The Morgan fingerprint density at radius 1 is 1.41 bits per heavy atom. The van der Waals surface area contributed by atoms with Crippen LogP contribution in [0.3, 0.4) is 0 Å². The quantitative estimate of drug-likeness (QED) is 0.747. The first kappa shape index (κ1) is 13.1. The maximum absolute atomic E-state index is 13.3. The molecule has 0 N–H and O–H groups in total. The molecule has 0 atom stereocenters. The molecular weight excluding hydrogens is 245 g/mol. The largest absolute Gasteiger partial charge is 0.245 e. The summed E-state index contributed by atoms with van der Waals surface area (Å²) in [5, 5.41) is 17.2. The minimum Gasteiger partial charge on any atom is -0.207 e. The van der Waals surface area contributed by atoms with Gasteiger partial charge in [0.05, 0.1) is 6.07 Å². The molecule has 0 heterocycles. The van der Waals surface area contributed by atoms with Crippen LogP contribution in [0.5, 0.6) is 0 Å². The molecule has 0 aliphatic heterocycles. The van der Waals surface area contributed by atoms with Crippen LogP contribution >= 0.6 is 0 Å². The minimum absolute atomic E-state index is 0.371. The van der Waals surface area contributed by atoms with Crippen molar-refractivity contribution >= 4 is 10.0 Å². The van der Waals surface area contributed by atoms with Gasteiger partial charge in [-0.1, -0.05) is 6.07 Å². The Bertz CT molecular complexity index is 613. The predicted molar refractivity (Wildman–Crippen MR) is 56.5 cm³/mol. The highest BCUT2D eigenvalue weighted by molar-refractivity contribution is 7.89. The highest BCUT2D eigenvalue weighted by atomic mass is 32.2. The van der Waals surface area contributed by atoms with Crippen molar-refractivity contribution in [2.24, 2.45) is 0 Å². The Morgan fingerprint density at radius 2 is 2.06 bits per heavy atom. The van der Waals surface area contributed by atoms with Crippen LogP contribution in [0.4, 0.5) is 4.39 Å². The lowest BCUT2D eigenvalue weighted by Crippen LogP contribution is -2.28. The number of sulfonamides is 1. The van der Waals surface area contributed by atoms with E-state index in [9.17, 15) is 12.8 Å². The molecule has 88 valence electrons. The number of hydrogen-bond donors (Lipinski definition) is 0. The molecule has 0 saturated heterocycles. The van der Waals surface area contributed by atoms with Crippen molar-refractivity contribution < 1.29 is 12.8 Å². The summed E-state index contributed by atoms with van der Waals surface area (Å²) >= 11 is 0. The first-order valence-electron chi connectivity index (χ1n) is 4.47. The van der Waals surface area contributed by atoms with Gasteiger partial charge in [-0.05, 0) is 12.1 Å². The normalized spacial score (nSPS) is 10.9. The molecule has 0 bridgehead atoms. The molecule has 1 rings (SSSR count). The van der Waals surface area contributed by atoms with Crippen LogP contribution in [-0.4, -0.2) is 26.3 Å². The molecule has 0 aromatic heterocycles. The first-order valence-corrected chi connectivity index (χ1v) is 5.91. The molecule has 0 aliphatic carbocycles. The average molecular weight is 253 g/mol. The summed E-state index contributed by atoms with van der Waals surface area (Å²) in [5.41, 5.74) is -0.544. The number of hydrogen-bond acceptors (Lipinski definition) is 4. The lowest BCUT2D eigenvalue weighted by Gasteiger charge is -2.14. The number of nitrogens with zero attached hydrogens (tertiary/aromatic N) is 3. The van der Waals surface area contributed by atoms with Gasteiger partial charge in [0.15, 0.2) is 0 Å². The molecule has 1 aromatic rings. The number of halogens is 1. The van der Waals surface area contributed by atoms with E-state index in [2.05, 4.69) is 0 Å². The van der Waals surface area contributed by atoms with Gasteiger partial charge in [-0.25, -0.2) is 12.8 Å². The Hall–Kier alpha value is -1.96. The van der Waals surface area contributed by atoms with Crippen LogP contribution in [0.25, 0.3) is 0 Å². The molecule has 0 aliphatic rings. The fraction of sp³-hybridized carbons (Fsp3) is 0.200. The molecule has 17 heavy (non-hydrogen) atoms. The second-order valence-corrected chi connectivity index (χ2v) is 5.16. The van der Waals surface area contributed by atoms with Crippen LogP contribution in [0, 0.1) is 28.5 Å². The molecule has 1 aromatic carbocycles. The Kier molecular flexibility index (Phi) is 3.79. The van der Waals surface area contributed by atoms with Gasteiger partial charge in [-0.2, -0.15) is 14.8 Å². The van der Waals surface area contributed by atoms with E-state index >= 15 is 0 Å². The summed E-state index contributed by atoms with van der Waals surface area (Å²) in [5.74, 6) is -0.904. The number of benzene rings is 1. The lowest BCUT2D eigenvalue weighted by atomic mass is 10.2. The molecule has 0 amide bonds. The Morgan fingerprint density at radius 3 is 2.59 bits per heavy atom. The summed E-state index contributed by atoms with van der Waals surface area (Å²) in [7, 11) is -2.83. The van der Waals surface area contributed by atoms with Crippen LogP contribution in [0.1, 0.15) is 5.56 Å². The highest BCUT2D eigenvalue weighted by Crippen LogP contribution is 2.20. The maximum Gasteiger partial charge on any atom is 0.245 e. The van der Waals surface area contributed by atoms with Crippen molar-refractivity contribution in [1.29, 1.82) is 10.5 Å². The second-order valence-electron chi connectivity index (χ2n) is 3.14. The summed E-state index contributed by atoms with van der Waals surface area (Å²) in [6.07, 6.45) is 0. The van der Waals surface area contributed by atoms with Crippen molar-refractivity contribution in [1.82, 2.24) is 4.31 Å². The fourth-order valence-electron chi connectivity index (χ4n) is 1.18. The SMILES string of the molecule is CN(CC#N)S(=O)(=O)c1cccc(F)c1C#N. The predicted octanol–water partition coefficient (Wildman–Crippen LogP) is 0.841. The van der Waals surface area contributed by atoms with Crippen molar-refractivity contribution in [3.8, 4) is 12.1 Å². The summed E-state index contributed by atoms with van der Waals surface area (Å²) in [6, 6.07) is 6.50. The fourth-order valence-corrected chi connectivity index (χ4v) is 2.40. The van der Waals surface area contributed by atoms with Gasteiger partial charge >= 0.3 is 0 Å². The van der Waals surface area contributed by atoms with Gasteiger partial charge in [0.25, 0.3) is 0 Å². The van der Waals surface area contributed by atoms with E-state index in [-0.39, 0.29) is 6.54 Å². The minimum atomic E-state index is -4.02. The molecular formula is C10H8FN3O2S. The third kappa shape index (κ3) is 2.41. The van der Waals surface area contributed by atoms with E-state index in [4.69, 9.17) is 10.5 Å². The van der Waals surface area contributed by atoms with Crippen molar-refractivity contribution in [2.45, 2.75) is 4.90 Å². The third-order valence-electron chi connectivity index (χ3n) is 2.07. The van der Waals surface area contributed by atoms with E-state index in [1.54, 1.807) is 6.07 Å². The van der Waals surface area contributed by atoms with Crippen LogP contribution in [-0.2, 0) is 10.0 Å². The summed E-state index contributed by atoms with van der Waals surface area (Å²) < 4.78 is 37.8. The van der Waals surface area contributed by atoms with E-state index in [1.807, 2.05) is 0 Å². The summed E-state index contributed by atoms with van der Waals surface area (Å²) in [4.78, 5) is -0.433. The zero-order chi connectivity index (χ0) is 13.1. The van der Waals surface area contributed by atoms with Crippen molar-refractivity contribution in [3.05, 3.63) is 29.6 Å². The maximum atomic E-state index is 13.3. The first-order chi connectivity index (χ1) is 7.95. The zero-order valence-corrected chi connectivity index (χ0v) is 9.70. The second kappa shape index (κ2) is 4.91. The molecule has 0 unspecified atom stereocenters. The highest BCUT2D eigenvalue weighted by Gasteiger charge is 2.25. The smallest absolute Gasteiger partial charge is 0.207 e. The van der Waals surface area contributed by atoms with Gasteiger partial charge < -0.3 is 0 Å². The van der Waals surface area contributed by atoms with Crippen molar-refractivity contribution in [2.75, 3.05) is 13.6 Å². The van der Waals surface area contributed by atoms with Gasteiger partial charge in [0.2, 0.25) is 10.0 Å². The zero-order valence-electron chi connectivity index (χ0n) is 8.88. The van der Waals surface area contributed by atoms with E-state index in [0.29, 0.717) is 0 Å². The average Bonchev–Trinajstić information content (AvgIpc) is 2.29. The van der Waals surface area contributed by atoms with Crippen molar-refractivity contribution in [3.63, 3.8) is 0 Å². The van der Waals surface area contributed by atoms with Gasteiger partial charge in [-0.15, -0.1) is 0 Å². The lowest BCUT2D eigenvalue weighted by molar-refractivity contribution is 0.500. The molecule has 0 fully saturated rings. The van der Waals surface area contributed by atoms with Gasteiger partial charge in [0, 0.05) is 7.05 Å². The van der Waals surface area contributed by atoms with E-state index < -0.39 is 26.3 Å². The van der Waals surface area contributed by atoms with E-state index in [0.717, 1.165) is 16.4 Å². The van der Waals surface area contributed by atoms with Crippen LogP contribution in [0.15, 0.2) is 23.1 Å². The third-order valence-corrected chi connectivity index (χ3v) is 3.91. The topological polar surface area (TPSA) is 85.0 Å². The number of nitriles is 2. The number of rotatable bonds is 3. The van der Waals surface area contributed by atoms with E-state index in [1.165, 1.54) is 19.2 Å². The monoisotopic (exact) mass is 253 g/mol. The Balaban J connectivity index is 3.41.